The van der Waals surface area contributed by atoms with E-state index < -0.39 is 24.0 Å². The number of amides is 3. The van der Waals surface area contributed by atoms with Gasteiger partial charge in [0.05, 0.1) is 13.2 Å². The standard InChI is InChI=1S/C19H24N2O6/c1-12(2)20-19(24)21-18(23)13(3)27-17(22)8-6-14-5-7-15-16(11-14)26-10-4-9-25-15/h5-8,11-13H,4,9-10H2,1-3H3,(H2,20,21,23,24)/b8-6+/t13-/m1/s1. The molecule has 8 heteroatoms. The summed E-state index contributed by atoms with van der Waals surface area (Å²) in [5.74, 6) is -0.122. The van der Waals surface area contributed by atoms with Crippen molar-refractivity contribution in [3.8, 4) is 11.5 Å². The van der Waals surface area contributed by atoms with Crippen molar-refractivity contribution in [2.45, 2.75) is 39.3 Å². The highest BCUT2D eigenvalue weighted by Gasteiger charge is 2.19. The normalized spacial score (nSPS) is 14.4. The van der Waals surface area contributed by atoms with Crippen LogP contribution in [-0.2, 0) is 14.3 Å². The highest BCUT2D eigenvalue weighted by Crippen LogP contribution is 2.30. The van der Waals surface area contributed by atoms with Crippen LogP contribution < -0.4 is 20.1 Å². The Morgan fingerprint density at radius 1 is 1.11 bits per heavy atom. The fourth-order valence-corrected chi connectivity index (χ4v) is 2.23. The fraction of sp³-hybridized carbons (Fsp3) is 0.421. The van der Waals surface area contributed by atoms with Crippen molar-refractivity contribution in [2.24, 2.45) is 0 Å². The van der Waals surface area contributed by atoms with Gasteiger partial charge in [-0.3, -0.25) is 10.1 Å². The molecular formula is C19H24N2O6. The molecule has 0 spiro atoms. The highest BCUT2D eigenvalue weighted by molar-refractivity contribution is 5.98. The van der Waals surface area contributed by atoms with Crippen molar-refractivity contribution in [1.82, 2.24) is 10.6 Å². The second-order valence-corrected chi connectivity index (χ2v) is 6.29. The molecular weight excluding hydrogens is 352 g/mol. The first-order valence-corrected chi connectivity index (χ1v) is 8.75. The molecule has 0 saturated heterocycles. The van der Waals surface area contributed by atoms with Crippen LogP contribution in [0, 0.1) is 0 Å². The average Bonchev–Trinajstić information content (AvgIpc) is 2.83. The Kier molecular flexibility index (Phi) is 7.22. The summed E-state index contributed by atoms with van der Waals surface area (Å²) >= 11 is 0. The van der Waals surface area contributed by atoms with E-state index in [9.17, 15) is 14.4 Å². The maximum absolute atomic E-state index is 11.9. The molecule has 0 aliphatic carbocycles. The number of imide groups is 1. The number of carbonyl (C=O) groups is 3. The molecule has 1 heterocycles. The minimum atomic E-state index is -1.11. The number of carbonyl (C=O) groups excluding carboxylic acids is 3. The topological polar surface area (TPSA) is 103 Å². The zero-order chi connectivity index (χ0) is 19.8. The second-order valence-electron chi connectivity index (χ2n) is 6.29. The monoisotopic (exact) mass is 376 g/mol. The molecule has 146 valence electrons. The van der Waals surface area contributed by atoms with Gasteiger partial charge in [-0.25, -0.2) is 9.59 Å². The summed E-state index contributed by atoms with van der Waals surface area (Å²) in [6.07, 6.45) is 2.45. The summed E-state index contributed by atoms with van der Waals surface area (Å²) in [5, 5.41) is 4.62. The van der Waals surface area contributed by atoms with Gasteiger partial charge in [0.15, 0.2) is 17.6 Å². The first-order chi connectivity index (χ1) is 12.8. The van der Waals surface area contributed by atoms with Gasteiger partial charge in [-0.1, -0.05) is 6.07 Å². The molecule has 0 aromatic heterocycles. The molecule has 27 heavy (non-hydrogen) atoms. The quantitative estimate of drug-likeness (QED) is 0.602. The van der Waals surface area contributed by atoms with Crippen molar-refractivity contribution in [3.63, 3.8) is 0 Å². The molecule has 2 N–H and O–H groups in total. The molecule has 0 saturated carbocycles. The van der Waals surface area contributed by atoms with Gasteiger partial charge >= 0.3 is 12.0 Å². The predicted octanol–water partition coefficient (Wildman–Crippen LogP) is 2.03. The van der Waals surface area contributed by atoms with Gasteiger partial charge in [0, 0.05) is 18.5 Å². The molecule has 8 nitrogen and oxygen atoms in total. The van der Waals surface area contributed by atoms with E-state index in [0.29, 0.717) is 24.7 Å². The van der Waals surface area contributed by atoms with Gasteiger partial charge in [-0.2, -0.15) is 0 Å². The van der Waals surface area contributed by atoms with E-state index in [2.05, 4.69) is 10.6 Å². The van der Waals surface area contributed by atoms with E-state index >= 15 is 0 Å². The van der Waals surface area contributed by atoms with Gasteiger partial charge in [-0.15, -0.1) is 0 Å². The van der Waals surface area contributed by atoms with E-state index in [4.69, 9.17) is 14.2 Å². The van der Waals surface area contributed by atoms with Gasteiger partial charge in [0.2, 0.25) is 0 Å². The molecule has 2 rings (SSSR count). The Bertz CT molecular complexity index is 729. The van der Waals surface area contributed by atoms with Crippen LogP contribution in [0.5, 0.6) is 11.5 Å². The Morgan fingerprint density at radius 2 is 1.81 bits per heavy atom. The summed E-state index contributed by atoms with van der Waals surface area (Å²) < 4.78 is 16.1. The largest absolute Gasteiger partial charge is 0.490 e. The number of fused-ring (bicyclic) bond motifs is 1. The third-order valence-corrected chi connectivity index (χ3v) is 3.50. The lowest BCUT2D eigenvalue weighted by Gasteiger charge is -2.13. The lowest BCUT2D eigenvalue weighted by atomic mass is 10.2. The third kappa shape index (κ3) is 6.65. The number of hydrogen-bond acceptors (Lipinski definition) is 6. The Balaban J connectivity index is 1.88. The maximum atomic E-state index is 11.9. The molecule has 1 atom stereocenters. The third-order valence-electron chi connectivity index (χ3n) is 3.50. The zero-order valence-electron chi connectivity index (χ0n) is 15.6. The number of nitrogens with one attached hydrogen (secondary N) is 2. The maximum Gasteiger partial charge on any atom is 0.331 e. The molecule has 1 aromatic rings. The summed E-state index contributed by atoms with van der Waals surface area (Å²) in [7, 11) is 0. The van der Waals surface area contributed by atoms with Crippen LogP contribution in [0.15, 0.2) is 24.3 Å². The highest BCUT2D eigenvalue weighted by atomic mass is 16.5. The van der Waals surface area contributed by atoms with E-state index in [1.165, 1.54) is 13.0 Å². The smallest absolute Gasteiger partial charge is 0.331 e. The second kappa shape index (κ2) is 9.61. The molecule has 0 unspecified atom stereocenters. The Labute approximate surface area is 157 Å². The lowest BCUT2D eigenvalue weighted by molar-refractivity contribution is -0.149. The zero-order valence-corrected chi connectivity index (χ0v) is 15.6. The molecule has 0 radical (unpaired) electrons. The van der Waals surface area contributed by atoms with E-state index in [1.54, 1.807) is 38.1 Å². The van der Waals surface area contributed by atoms with E-state index in [0.717, 1.165) is 12.0 Å². The Morgan fingerprint density at radius 3 is 2.52 bits per heavy atom. The minimum absolute atomic E-state index is 0.117. The van der Waals surface area contributed by atoms with Crippen molar-refractivity contribution in [1.29, 1.82) is 0 Å². The van der Waals surface area contributed by atoms with Gasteiger partial charge < -0.3 is 19.5 Å². The SMILES string of the molecule is CC(C)NC(=O)NC(=O)[C@@H](C)OC(=O)/C=C/c1ccc2c(c1)OCCCO2. The van der Waals surface area contributed by atoms with Gasteiger partial charge in [0.25, 0.3) is 5.91 Å². The van der Waals surface area contributed by atoms with Crippen LogP contribution in [0.1, 0.15) is 32.8 Å². The van der Waals surface area contributed by atoms with Crippen molar-refractivity contribution < 1.29 is 28.6 Å². The average molecular weight is 376 g/mol. The number of ether oxygens (including phenoxy) is 3. The van der Waals surface area contributed by atoms with Crippen molar-refractivity contribution >= 4 is 24.0 Å². The first kappa shape index (κ1) is 20.3. The van der Waals surface area contributed by atoms with Crippen LogP contribution in [0.2, 0.25) is 0 Å². The lowest BCUT2D eigenvalue weighted by Crippen LogP contribution is -2.46. The van der Waals surface area contributed by atoms with Crippen LogP contribution in [-0.4, -0.2) is 43.3 Å². The number of hydrogen-bond donors (Lipinski definition) is 2. The number of benzene rings is 1. The summed E-state index contributed by atoms with van der Waals surface area (Å²) in [6, 6.07) is 4.56. The summed E-state index contributed by atoms with van der Waals surface area (Å²) in [5.41, 5.74) is 0.726. The first-order valence-electron chi connectivity index (χ1n) is 8.75. The van der Waals surface area contributed by atoms with Crippen LogP contribution in [0.25, 0.3) is 6.08 Å². The number of esters is 1. The summed E-state index contributed by atoms with van der Waals surface area (Å²) in [6.45, 7) is 6.08. The van der Waals surface area contributed by atoms with Crippen LogP contribution >= 0.6 is 0 Å². The summed E-state index contributed by atoms with van der Waals surface area (Å²) in [4.78, 5) is 35.2. The van der Waals surface area contributed by atoms with E-state index in [1.807, 2.05) is 0 Å². The predicted molar refractivity (Wildman–Crippen MR) is 98.4 cm³/mol. The molecule has 1 aliphatic heterocycles. The number of urea groups is 1. The van der Waals surface area contributed by atoms with E-state index in [-0.39, 0.29) is 6.04 Å². The van der Waals surface area contributed by atoms with Crippen molar-refractivity contribution in [2.75, 3.05) is 13.2 Å². The molecule has 0 bridgehead atoms. The molecule has 3 amide bonds. The van der Waals surface area contributed by atoms with Crippen molar-refractivity contribution in [3.05, 3.63) is 29.8 Å². The molecule has 0 fully saturated rings. The van der Waals surface area contributed by atoms with Crippen LogP contribution in [0.3, 0.4) is 0 Å². The van der Waals surface area contributed by atoms with Gasteiger partial charge in [-0.05, 0) is 44.5 Å². The minimum Gasteiger partial charge on any atom is -0.490 e. The van der Waals surface area contributed by atoms with Crippen LogP contribution in [0.4, 0.5) is 4.79 Å². The van der Waals surface area contributed by atoms with Gasteiger partial charge in [0.1, 0.15) is 0 Å². The number of rotatable bonds is 5. The molecule has 1 aromatic carbocycles. The fourth-order valence-electron chi connectivity index (χ4n) is 2.23. The Hall–Kier alpha value is -3.03. The molecule has 1 aliphatic rings.